The highest BCUT2D eigenvalue weighted by molar-refractivity contribution is 5.28. The summed E-state index contributed by atoms with van der Waals surface area (Å²) in [6.07, 6.45) is 0. The maximum Gasteiger partial charge on any atom is 0.219 e. The van der Waals surface area contributed by atoms with Crippen LogP contribution >= 0.6 is 0 Å². The standard InChI is InChI=1S/C12H10F2N2O/c13-8-4-9(14)6-11(5-8)17-12-3-1-2-10(7-15)16-12/h1-6H,7,15H2. The van der Waals surface area contributed by atoms with Crippen LogP contribution in [0.4, 0.5) is 8.78 Å². The first kappa shape index (κ1) is 11.5. The highest BCUT2D eigenvalue weighted by Crippen LogP contribution is 2.21. The zero-order valence-electron chi connectivity index (χ0n) is 8.86. The van der Waals surface area contributed by atoms with Crippen molar-refractivity contribution < 1.29 is 13.5 Å². The molecule has 5 heteroatoms. The van der Waals surface area contributed by atoms with E-state index in [9.17, 15) is 8.78 Å². The normalized spacial score (nSPS) is 10.3. The van der Waals surface area contributed by atoms with E-state index in [4.69, 9.17) is 10.5 Å². The molecule has 1 aromatic carbocycles. The second kappa shape index (κ2) is 4.88. The predicted octanol–water partition coefficient (Wildman–Crippen LogP) is 2.61. The summed E-state index contributed by atoms with van der Waals surface area (Å²) in [5, 5.41) is 0. The number of hydrogen-bond acceptors (Lipinski definition) is 3. The second-order valence-corrected chi connectivity index (χ2v) is 3.38. The molecule has 2 rings (SSSR count). The maximum absolute atomic E-state index is 12.9. The van der Waals surface area contributed by atoms with Gasteiger partial charge in [0.1, 0.15) is 17.4 Å². The summed E-state index contributed by atoms with van der Waals surface area (Å²) in [6.45, 7) is 0.273. The van der Waals surface area contributed by atoms with Gasteiger partial charge in [0.2, 0.25) is 5.88 Å². The molecule has 0 amide bonds. The highest BCUT2D eigenvalue weighted by atomic mass is 19.1. The number of benzene rings is 1. The van der Waals surface area contributed by atoms with Gasteiger partial charge in [0.25, 0.3) is 0 Å². The average molecular weight is 236 g/mol. The zero-order valence-corrected chi connectivity index (χ0v) is 8.86. The van der Waals surface area contributed by atoms with Crippen molar-refractivity contribution in [2.45, 2.75) is 6.54 Å². The minimum atomic E-state index is -0.699. The van der Waals surface area contributed by atoms with Crippen molar-refractivity contribution in [1.82, 2.24) is 4.98 Å². The number of ether oxygens (including phenoxy) is 1. The Morgan fingerprint density at radius 3 is 2.47 bits per heavy atom. The lowest BCUT2D eigenvalue weighted by Gasteiger charge is -2.06. The van der Waals surface area contributed by atoms with Crippen LogP contribution in [0.1, 0.15) is 5.69 Å². The lowest BCUT2D eigenvalue weighted by molar-refractivity contribution is 0.449. The summed E-state index contributed by atoms with van der Waals surface area (Å²) >= 11 is 0. The first-order chi connectivity index (χ1) is 8.17. The van der Waals surface area contributed by atoms with Crippen LogP contribution in [0.25, 0.3) is 0 Å². The van der Waals surface area contributed by atoms with Gasteiger partial charge in [-0.3, -0.25) is 0 Å². The number of pyridine rings is 1. The maximum atomic E-state index is 12.9. The monoisotopic (exact) mass is 236 g/mol. The third kappa shape index (κ3) is 2.98. The largest absolute Gasteiger partial charge is 0.439 e. The van der Waals surface area contributed by atoms with Crippen molar-refractivity contribution in [2.24, 2.45) is 5.73 Å². The van der Waals surface area contributed by atoms with E-state index in [-0.39, 0.29) is 18.2 Å². The second-order valence-electron chi connectivity index (χ2n) is 3.38. The number of rotatable bonds is 3. The quantitative estimate of drug-likeness (QED) is 0.891. The van der Waals surface area contributed by atoms with Gasteiger partial charge < -0.3 is 10.5 Å². The molecular formula is C12H10F2N2O. The Balaban J connectivity index is 2.24. The van der Waals surface area contributed by atoms with Crippen molar-refractivity contribution in [2.75, 3.05) is 0 Å². The summed E-state index contributed by atoms with van der Waals surface area (Å²) in [4.78, 5) is 4.05. The molecular weight excluding hydrogens is 226 g/mol. The SMILES string of the molecule is NCc1cccc(Oc2cc(F)cc(F)c2)n1. The number of nitrogens with two attached hydrogens (primary N) is 1. The van der Waals surface area contributed by atoms with Gasteiger partial charge in [-0.2, -0.15) is 0 Å². The lowest BCUT2D eigenvalue weighted by Crippen LogP contribution is -2.00. The molecule has 0 spiro atoms. The van der Waals surface area contributed by atoms with E-state index in [1.165, 1.54) is 0 Å². The van der Waals surface area contributed by atoms with E-state index >= 15 is 0 Å². The minimum absolute atomic E-state index is 0.0594. The zero-order chi connectivity index (χ0) is 12.3. The van der Waals surface area contributed by atoms with Crippen LogP contribution in [0.15, 0.2) is 36.4 Å². The van der Waals surface area contributed by atoms with Gasteiger partial charge in [0.15, 0.2) is 0 Å². The third-order valence-electron chi connectivity index (χ3n) is 2.05. The Labute approximate surface area is 96.9 Å². The van der Waals surface area contributed by atoms with Gasteiger partial charge in [0, 0.05) is 30.8 Å². The molecule has 17 heavy (non-hydrogen) atoms. The van der Waals surface area contributed by atoms with E-state index in [1.54, 1.807) is 18.2 Å². The third-order valence-corrected chi connectivity index (χ3v) is 2.05. The number of hydrogen-bond donors (Lipinski definition) is 1. The van der Waals surface area contributed by atoms with E-state index in [1.807, 2.05) is 0 Å². The molecule has 88 valence electrons. The van der Waals surface area contributed by atoms with Crippen molar-refractivity contribution in [3.8, 4) is 11.6 Å². The molecule has 1 heterocycles. The van der Waals surface area contributed by atoms with Crippen LogP contribution in [0.3, 0.4) is 0 Å². The molecule has 1 aromatic heterocycles. The summed E-state index contributed by atoms with van der Waals surface area (Å²) in [6, 6.07) is 7.97. The van der Waals surface area contributed by atoms with Crippen LogP contribution in [0.2, 0.25) is 0 Å². The Hall–Kier alpha value is -2.01. The lowest BCUT2D eigenvalue weighted by atomic mass is 10.3. The molecule has 2 N–H and O–H groups in total. The molecule has 0 aliphatic rings. The molecule has 0 radical (unpaired) electrons. The molecule has 0 saturated heterocycles. The van der Waals surface area contributed by atoms with Gasteiger partial charge in [-0.05, 0) is 6.07 Å². The van der Waals surface area contributed by atoms with Crippen LogP contribution in [-0.4, -0.2) is 4.98 Å². The van der Waals surface area contributed by atoms with E-state index in [0.717, 1.165) is 18.2 Å². The Morgan fingerprint density at radius 2 is 1.82 bits per heavy atom. The Kier molecular flexibility index (Phi) is 3.30. The fourth-order valence-corrected chi connectivity index (χ4v) is 1.34. The van der Waals surface area contributed by atoms with Crippen LogP contribution < -0.4 is 10.5 Å². The van der Waals surface area contributed by atoms with Crippen LogP contribution in [0.5, 0.6) is 11.6 Å². The summed E-state index contributed by atoms with van der Waals surface area (Å²) < 4.78 is 31.1. The summed E-state index contributed by atoms with van der Waals surface area (Å²) in [5.41, 5.74) is 6.06. The fourth-order valence-electron chi connectivity index (χ4n) is 1.34. The summed E-state index contributed by atoms with van der Waals surface area (Å²) in [7, 11) is 0. The molecule has 0 unspecified atom stereocenters. The topological polar surface area (TPSA) is 48.1 Å². The smallest absolute Gasteiger partial charge is 0.219 e. The first-order valence-electron chi connectivity index (χ1n) is 4.97. The molecule has 0 aliphatic heterocycles. The molecule has 3 nitrogen and oxygen atoms in total. The first-order valence-corrected chi connectivity index (χ1v) is 4.97. The van der Waals surface area contributed by atoms with Crippen molar-refractivity contribution in [3.63, 3.8) is 0 Å². The highest BCUT2D eigenvalue weighted by Gasteiger charge is 2.04. The number of aromatic nitrogens is 1. The Bertz CT molecular complexity index is 511. The molecule has 2 aromatic rings. The number of nitrogens with zero attached hydrogens (tertiary/aromatic N) is 1. The summed E-state index contributed by atoms with van der Waals surface area (Å²) in [5.74, 6) is -1.09. The number of halogens is 2. The van der Waals surface area contributed by atoms with Crippen molar-refractivity contribution in [3.05, 3.63) is 53.7 Å². The van der Waals surface area contributed by atoms with Gasteiger partial charge in [0.05, 0.1) is 5.69 Å². The van der Waals surface area contributed by atoms with Gasteiger partial charge >= 0.3 is 0 Å². The van der Waals surface area contributed by atoms with Gasteiger partial charge in [-0.15, -0.1) is 0 Å². The van der Waals surface area contributed by atoms with Crippen molar-refractivity contribution >= 4 is 0 Å². The molecule has 0 aliphatic carbocycles. The molecule has 0 fully saturated rings. The van der Waals surface area contributed by atoms with Crippen LogP contribution in [0, 0.1) is 11.6 Å². The molecule has 0 bridgehead atoms. The predicted molar refractivity (Wildman–Crippen MR) is 58.6 cm³/mol. The molecule has 0 saturated carbocycles. The van der Waals surface area contributed by atoms with Gasteiger partial charge in [-0.25, -0.2) is 13.8 Å². The van der Waals surface area contributed by atoms with E-state index in [0.29, 0.717) is 5.69 Å². The Morgan fingerprint density at radius 1 is 1.12 bits per heavy atom. The minimum Gasteiger partial charge on any atom is -0.439 e. The molecule has 0 atom stereocenters. The van der Waals surface area contributed by atoms with Gasteiger partial charge in [-0.1, -0.05) is 6.07 Å². The van der Waals surface area contributed by atoms with E-state index in [2.05, 4.69) is 4.98 Å². The van der Waals surface area contributed by atoms with E-state index < -0.39 is 11.6 Å². The van der Waals surface area contributed by atoms with Crippen molar-refractivity contribution in [1.29, 1.82) is 0 Å². The van der Waals surface area contributed by atoms with Crippen LogP contribution in [-0.2, 0) is 6.54 Å². The average Bonchev–Trinajstić information content (AvgIpc) is 2.28. The fraction of sp³-hybridized carbons (Fsp3) is 0.0833.